The van der Waals surface area contributed by atoms with Crippen molar-refractivity contribution in [3.05, 3.63) is 71.4 Å². The molecule has 0 aromatic carbocycles. The van der Waals surface area contributed by atoms with Crippen LogP contribution in [-0.4, -0.2) is 35.2 Å². The van der Waals surface area contributed by atoms with Gasteiger partial charge in [-0.25, -0.2) is 24.9 Å². The molecule has 9 nitrogen and oxygen atoms in total. The lowest BCUT2D eigenvalue weighted by Crippen LogP contribution is -2.16. The van der Waals surface area contributed by atoms with Crippen LogP contribution in [0.5, 0.6) is 0 Å². The van der Waals surface area contributed by atoms with Gasteiger partial charge in [0.25, 0.3) is 0 Å². The van der Waals surface area contributed by atoms with Gasteiger partial charge in [-0.15, -0.1) is 0 Å². The van der Waals surface area contributed by atoms with E-state index in [4.69, 9.17) is 11.6 Å². The fourth-order valence-corrected chi connectivity index (χ4v) is 4.24. The summed E-state index contributed by atoms with van der Waals surface area (Å²) in [6, 6.07) is 7.66. The highest BCUT2D eigenvalue weighted by atomic mass is 35.5. The van der Waals surface area contributed by atoms with Gasteiger partial charge in [0.15, 0.2) is 0 Å². The van der Waals surface area contributed by atoms with Crippen molar-refractivity contribution in [3.63, 3.8) is 0 Å². The molecule has 1 amide bonds. The first-order valence-corrected chi connectivity index (χ1v) is 11.3. The summed E-state index contributed by atoms with van der Waals surface area (Å²) in [5, 5.41) is 6.52. The number of anilines is 2. The maximum absolute atomic E-state index is 12.6. The number of hydrogen-bond acceptors (Lipinski definition) is 7. The van der Waals surface area contributed by atoms with Gasteiger partial charge in [-0.05, 0) is 42.9 Å². The predicted octanol–water partition coefficient (Wildman–Crippen LogP) is 3.80. The number of pyridine rings is 1. The first-order valence-electron chi connectivity index (χ1n) is 10.9. The third kappa shape index (κ3) is 4.36. The van der Waals surface area contributed by atoms with Gasteiger partial charge in [0, 0.05) is 36.0 Å². The Hall–Kier alpha value is -3.59. The molecule has 2 aliphatic rings. The number of hydrogen-bond donors (Lipinski definition) is 2. The number of carbonyl (C=O) groups excluding carboxylic acids is 1. The van der Waals surface area contributed by atoms with E-state index in [0.29, 0.717) is 29.3 Å². The summed E-state index contributed by atoms with van der Waals surface area (Å²) < 4.78 is 2.08. The van der Waals surface area contributed by atoms with E-state index in [-0.39, 0.29) is 17.7 Å². The van der Waals surface area contributed by atoms with Crippen LogP contribution < -0.4 is 10.6 Å². The Morgan fingerprint density at radius 2 is 1.91 bits per heavy atom. The van der Waals surface area contributed by atoms with Crippen LogP contribution in [0.25, 0.3) is 5.65 Å². The van der Waals surface area contributed by atoms with Crippen LogP contribution in [0.4, 0.5) is 11.6 Å². The molecule has 6 rings (SSSR count). The van der Waals surface area contributed by atoms with Gasteiger partial charge < -0.3 is 15.0 Å². The molecule has 0 spiro atoms. The number of nitrogens with zero attached hydrogens (tertiary/aromatic N) is 6. The van der Waals surface area contributed by atoms with Gasteiger partial charge in [-0.3, -0.25) is 4.79 Å². The highest BCUT2D eigenvalue weighted by molar-refractivity contribution is 6.29. The van der Waals surface area contributed by atoms with Gasteiger partial charge in [0.05, 0.1) is 12.2 Å². The largest absolute Gasteiger partial charge is 0.364 e. The van der Waals surface area contributed by atoms with Crippen LogP contribution in [-0.2, 0) is 11.3 Å². The number of imidazole rings is 1. The van der Waals surface area contributed by atoms with Crippen LogP contribution in [0.3, 0.4) is 0 Å². The number of halogens is 1. The summed E-state index contributed by atoms with van der Waals surface area (Å²) in [4.78, 5) is 33.8. The number of nitrogens with one attached hydrogen (secondary N) is 2. The van der Waals surface area contributed by atoms with Crippen molar-refractivity contribution in [2.24, 2.45) is 5.92 Å². The maximum atomic E-state index is 12.6. The van der Waals surface area contributed by atoms with Crippen LogP contribution in [0.15, 0.2) is 49.3 Å². The maximum Gasteiger partial charge on any atom is 0.229 e. The molecule has 10 heteroatoms. The Morgan fingerprint density at radius 1 is 1.06 bits per heavy atom. The van der Waals surface area contributed by atoms with Gasteiger partial charge in [-0.2, -0.15) is 0 Å². The molecular formula is C23H21ClN8O. The highest BCUT2D eigenvalue weighted by Gasteiger charge is 2.45. The SMILES string of the molecule is O=C(Nc1cc(NCc2cn3cc(C4CC4)ccc3n2)ncn1)[C@H]1C[C@@H]1c1cc(Cl)ncn1. The Bertz CT molecular complexity index is 1350. The minimum Gasteiger partial charge on any atom is -0.364 e. The Labute approximate surface area is 194 Å². The second-order valence-corrected chi connectivity index (χ2v) is 8.97. The van der Waals surface area contributed by atoms with E-state index in [1.165, 1.54) is 31.1 Å². The third-order valence-corrected chi connectivity index (χ3v) is 6.31. The minimum absolute atomic E-state index is 0.0559. The zero-order valence-electron chi connectivity index (χ0n) is 17.6. The molecule has 0 radical (unpaired) electrons. The molecule has 2 saturated carbocycles. The fourth-order valence-electron chi connectivity index (χ4n) is 4.09. The molecular weight excluding hydrogens is 440 g/mol. The molecule has 166 valence electrons. The summed E-state index contributed by atoms with van der Waals surface area (Å²) in [5.74, 6) is 1.59. The van der Waals surface area contributed by atoms with E-state index in [2.05, 4.69) is 58.3 Å². The molecule has 0 unspecified atom stereocenters. The van der Waals surface area contributed by atoms with Gasteiger partial charge in [0.2, 0.25) is 5.91 Å². The molecule has 2 atom stereocenters. The van der Waals surface area contributed by atoms with Gasteiger partial charge in [-0.1, -0.05) is 17.7 Å². The lowest BCUT2D eigenvalue weighted by Gasteiger charge is -2.07. The molecule has 33 heavy (non-hydrogen) atoms. The molecule has 0 saturated heterocycles. The van der Waals surface area contributed by atoms with Crippen molar-refractivity contribution in [1.82, 2.24) is 29.3 Å². The van der Waals surface area contributed by atoms with Crippen molar-refractivity contribution in [3.8, 4) is 0 Å². The molecule has 0 bridgehead atoms. The summed E-state index contributed by atoms with van der Waals surface area (Å²) in [6.07, 6.45) is 10.3. The summed E-state index contributed by atoms with van der Waals surface area (Å²) in [7, 11) is 0. The lowest BCUT2D eigenvalue weighted by molar-refractivity contribution is -0.117. The second-order valence-electron chi connectivity index (χ2n) is 8.58. The van der Waals surface area contributed by atoms with Gasteiger partial charge in [0.1, 0.15) is 35.1 Å². The van der Waals surface area contributed by atoms with Gasteiger partial charge >= 0.3 is 0 Å². The number of fused-ring (bicyclic) bond motifs is 1. The zero-order valence-corrected chi connectivity index (χ0v) is 18.4. The monoisotopic (exact) mass is 460 g/mol. The van der Waals surface area contributed by atoms with Crippen LogP contribution >= 0.6 is 11.6 Å². The first kappa shape index (κ1) is 20.0. The second kappa shape index (κ2) is 8.08. The van der Waals surface area contributed by atoms with Crippen molar-refractivity contribution in [1.29, 1.82) is 0 Å². The zero-order chi connectivity index (χ0) is 22.4. The minimum atomic E-state index is -0.152. The average molecular weight is 461 g/mol. The fraction of sp³-hybridized carbons (Fsp3) is 0.304. The Kier molecular flexibility index (Phi) is 4.91. The summed E-state index contributed by atoms with van der Waals surface area (Å²) >= 11 is 5.93. The number of aromatic nitrogens is 6. The molecule has 4 aromatic heterocycles. The van der Waals surface area contributed by atoms with E-state index in [1.54, 1.807) is 12.1 Å². The van der Waals surface area contributed by atoms with E-state index < -0.39 is 0 Å². The number of carbonyl (C=O) groups is 1. The lowest BCUT2D eigenvalue weighted by atomic mass is 10.2. The molecule has 2 aliphatic carbocycles. The Morgan fingerprint density at radius 3 is 2.76 bits per heavy atom. The van der Waals surface area contributed by atoms with Crippen LogP contribution in [0.2, 0.25) is 5.15 Å². The molecule has 2 N–H and O–H groups in total. The normalized spacial score (nSPS) is 19.4. The van der Waals surface area contributed by atoms with E-state index in [0.717, 1.165) is 23.5 Å². The smallest absolute Gasteiger partial charge is 0.229 e. The Balaban J connectivity index is 1.08. The van der Waals surface area contributed by atoms with Crippen molar-refractivity contribution in [2.75, 3.05) is 10.6 Å². The topological polar surface area (TPSA) is 110 Å². The van der Waals surface area contributed by atoms with Crippen molar-refractivity contribution in [2.45, 2.75) is 37.6 Å². The summed E-state index contributed by atoms with van der Waals surface area (Å²) in [5.41, 5.74) is 4.00. The van der Waals surface area contributed by atoms with Crippen molar-refractivity contribution < 1.29 is 4.79 Å². The molecule has 0 aliphatic heterocycles. The molecule has 4 aromatic rings. The van der Waals surface area contributed by atoms with E-state index >= 15 is 0 Å². The first-order chi connectivity index (χ1) is 16.1. The standard InChI is InChI=1S/C23H21ClN8O/c24-19-6-18(26-11-27-19)16-5-17(16)23(33)31-21-7-20(28-12-29-21)25-8-15-10-32-9-14(13-1-2-13)3-4-22(32)30-15/h3-4,6-7,9-13,16-17H,1-2,5,8H2,(H2,25,28,29,31,33)/t16-,17-/m0/s1. The quantitative estimate of drug-likeness (QED) is 0.403. The number of amides is 1. The third-order valence-electron chi connectivity index (χ3n) is 6.10. The predicted molar refractivity (Wildman–Crippen MR) is 123 cm³/mol. The highest BCUT2D eigenvalue weighted by Crippen LogP contribution is 2.47. The molecule has 2 fully saturated rings. The van der Waals surface area contributed by atoms with E-state index in [1.807, 2.05) is 6.20 Å². The molecule has 4 heterocycles. The number of rotatable bonds is 7. The average Bonchev–Trinajstić information content (AvgIpc) is 3.74. The van der Waals surface area contributed by atoms with Crippen LogP contribution in [0, 0.1) is 5.92 Å². The van der Waals surface area contributed by atoms with Crippen molar-refractivity contribution >= 4 is 34.8 Å². The van der Waals surface area contributed by atoms with Crippen LogP contribution in [0.1, 0.15) is 48.0 Å². The summed E-state index contributed by atoms with van der Waals surface area (Å²) in [6.45, 7) is 0.518. The van der Waals surface area contributed by atoms with E-state index in [9.17, 15) is 4.79 Å².